The molecule has 3 amide bonds. The zero-order valence-electron chi connectivity index (χ0n) is 11.6. The quantitative estimate of drug-likeness (QED) is 0.826. The molecule has 2 atom stereocenters. The van der Waals surface area contributed by atoms with E-state index in [9.17, 15) is 14.4 Å². The van der Waals surface area contributed by atoms with Crippen molar-refractivity contribution in [1.29, 1.82) is 0 Å². The van der Waals surface area contributed by atoms with Crippen LogP contribution in [0.2, 0.25) is 0 Å². The number of hydrogen-bond donors (Lipinski definition) is 2. The van der Waals surface area contributed by atoms with Crippen LogP contribution < -0.4 is 5.32 Å². The molecule has 1 fully saturated rings. The van der Waals surface area contributed by atoms with Crippen LogP contribution in [0.3, 0.4) is 0 Å². The van der Waals surface area contributed by atoms with E-state index in [2.05, 4.69) is 5.32 Å². The maximum absolute atomic E-state index is 12.5. The summed E-state index contributed by atoms with van der Waals surface area (Å²) in [5.41, 5.74) is 0.798. The summed E-state index contributed by atoms with van der Waals surface area (Å²) in [6.07, 6.45) is 0.665. The minimum atomic E-state index is -1.15. The number of carbonyl (C=O) groups is 3. The zero-order valence-corrected chi connectivity index (χ0v) is 11.6. The molecule has 0 radical (unpaired) electrons. The highest BCUT2D eigenvalue weighted by Gasteiger charge is 2.48. The van der Waals surface area contributed by atoms with E-state index in [0.717, 1.165) is 12.8 Å². The van der Waals surface area contributed by atoms with Crippen molar-refractivity contribution in [3.63, 3.8) is 0 Å². The van der Waals surface area contributed by atoms with E-state index >= 15 is 0 Å². The Kier molecular flexibility index (Phi) is 3.16. The van der Waals surface area contributed by atoms with Crippen LogP contribution in [-0.2, 0) is 0 Å². The summed E-state index contributed by atoms with van der Waals surface area (Å²) in [4.78, 5) is 37.1. The fourth-order valence-corrected chi connectivity index (χ4v) is 3.04. The van der Waals surface area contributed by atoms with Gasteiger partial charge < -0.3 is 10.4 Å². The summed E-state index contributed by atoms with van der Waals surface area (Å²) in [6, 6.07) is 5.80. The van der Waals surface area contributed by atoms with Gasteiger partial charge in [-0.1, -0.05) is 12.1 Å². The summed E-state index contributed by atoms with van der Waals surface area (Å²) < 4.78 is 0. The number of carboxylic acid groups (broad SMARTS) is 1. The minimum absolute atomic E-state index is 0.175. The lowest BCUT2D eigenvalue weighted by molar-refractivity contribution is 0.0525. The van der Waals surface area contributed by atoms with Gasteiger partial charge in [0.2, 0.25) is 0 Å². The van der Waals surface area contributed by atoms with Gasteiger partial charge in [0, 0.05) is 0 Å². The van der Waals surface area contributed by atoms with Crippen molar-refractivity contribution in [1.82, 2.24) is 10.2 Å². The van der Waals surface area contributed by atoms with Crippen LogP contribution >= 0.6 is 0 Å². The van der Waals surface area contributed by atoms with Crippen LogP contribution in [-0.4, -0.2) is 40.0 Å². The summed E-state index contributed by atoms with van der Waals surface area (Å²) in [6.45, 7) is 1.70. The largest absolute Gasteiger partial charge is 0.465 e. The van der Waals surface area contributed by atoms with Gasteiger partial charge in [-0.3, -0.25) is 14.5 Å². The Morgan fingerprint density at radius 1 is 1.24 bits per heavy atom. The van der Waals surface area contributed by atoms with Gasteiger partial charge in [-0.15, -0.1) is 0 Å². The smallest absolute Gasteiger partial charge is 0.404 e. The van der Waals surface area contributed by atoms with E-state index < -0.39 is 18.2 Å². The lowest BCUT2D eigenvalue weighted by atomic mass is 10.0. The number of nitrogens with one attached hydrogen (secondary N) is 1. The topological polar surface area (TPSA) is 86.7 Å². The average Bonchev–Trinajstić information content (AvgIpc) is 3.23. The highest BCUT2D eigenvalue weighted by atomic mass is 16.4. The molecule has 2 N–H and O–H groups in total. The molecule has 3 rings (SSSR count). The normalized spacial score (nSPS) is 20.1. The van der Waals surface area contributed by atoms with E-state index in [-0.39, 0.29) is 17.7 Å². The van der Waals surface area contributed by atoms with E-state index in [0.29, 0.717) is 11.1 Å². The number of rotatable bonds is 4. The van der Waals surface area contributed by atoms with Crippen LogP contribution in [0.4, 0.5) is 4.79 Å². The number of hydrogen-bond acceptors (Lipinski definition) is 3. The Morgan fingerprint density at radius 2 is 1.76 bits per heavy atom. The summed E-state index contributed by atoms with van der Waals surface area (Å²) in [5.74, 6) is -0.480. The molecule has 1 aliphatic heterocycles. The van der Waals surface area contributed by atoms with Gasteiger partial charge in [-0.2, -0.15) is 0 Å². The summed E-state index contributed by atoms with van der Waals surface area (Å²) >= 11 is 0. The molecule has 6 nitrogen and oxygen atoms in total. The van der Waals surface area contributed by atoms with Crippen LogP contribution in [0.5, 0.6) is 0 Å². The Bertz CT molecular complexity index is 589. The SMILES string of the molecule is C[C@@H](NC(=O)O)[C@@H](C1CC1)N1C(=O)c2ccccc2C1=O. The maximum atomic E-state index is 12.5. The molecule has 6 heteroatoms. The van der Waals surface area contributed by atoms with E-state index in [1.54, 1.807) is 31.2 Å². The van der Waals surface area contributed by atoms with Crippen molar-refractivity contribution in [2.24, 2.45) is 5.92 Å². The highest BCUT2D eigenvalue weighted by Crippen LogP contribution is 2.39. The second-order valence-electron chi connectivity index (χ2n) is 5.59. The van der Waals surface area contributed by atoms with Crippen LogP contribution in [0.25, 0.3) is 0 Å². The van der Waals surface area contributed by atoms with Crippen molar-refractivity contribution < 1.29 is 19.5 Å². The lowest BCUT2D eigenvalue weighted by Gasteiger charge is -2.31. The Hall–Kier alpha value is -2.37. The summed E-state index contributed by atoms with van der Waals surface area (Å²) in [5, 5.41) is 11.3. The predicted molar refractivity (Wildman–Crippen MR) is 74.1 cm³/mol. The molecule has 0 unspecified atom stereocenters. The molecular formula is C15H16N2O4. The van der Waals surface area contributed by atoms with E-state index in [1.165, 1.54) is 4.90 Å². The van der Waals surface area contributed by atoms with Crippen molar-refractivity contribution in [2.75, 3.05) is 0 Å². The van der Waals surface area contributed by atoms with Crippen LogP contribution in [0.15, 0.2) is 24.3 Å². The Balaban J connectivity index is 1.93. The molecule has 1 aromatic carbocycles. The first kappa shape index (κ1) is 13.6. The second kappa shape index (κ2) is 4.87. The predicted octanol–water partition coefficient (Wildman–Crippen LogP) is 1.72. The molecule has 0 spiro atoms. The molecule has 1 saturated carbocycles. The lowest BCUT2D eigenvalue weighted by Crippen LogP contribution is -2.53. The average molecular weight is 288 g/mol. The fourth-order valence-electron chi connectivity index (χ4n) is 3.04. The monoisotopic (exact) mass is 288 g/mol. The molecule has 1 aliphatic carbocycles. The van der Waals surface area contributed by atoms with Gasteiger partial charge >= 0.3 is 6.09 Å². The molecule has 0 aromatic heterocycles. The molecule has 110 valence electrons. The van der Waals surface area contributed by atoms with Gasteiger partial charge in [-0.05, 0) is 37.8 Å². The number of nitrogens with zero attached hydrogens (tertiary/aromatic N) is 1. The molecule has 1 aromatic rings. The molecule has 0 saturated heterocycles. The van der Waals surface area contributed by atoms with Crippen molar-refractivity contribution in [3.8, 4) is 0 Å². The minimum Gasteiger partial charge on any atom is -0.465 e. The van der Waals surface area contributed by atoms with Gasteiger partial charge in [-0.25, -0.2) is 4.79 Å². The third-order valence-corrected chi connectivity index (χ3v) is 4.09. The van der Waals surface area contributed by atoms with Crippen LogP contribution in [0.1, 0.15) is 40.5 Å². The Morgan fingerprint density at radius 3 is 2.19 bits per heavy atom. The van der Waals surface area contributed by atoms with Gasteiger partial charge in [0.25, 0.3) is 11.8 Å². The Labute approximate surface area is 121 Å². The molecule has 0 bridgehead atoms. The van der Waals surface area contributed by atoms with Gasteiger partial charge in [0.1, 0.15) is 0 Å². The van der Waals surface area contributed by atoms with Crippen molar-refractivity contribution in [3.05, 3.63) is 35.4 Å². The molecule has 2 aliphatic rings. The number of benzene rings is 1. The molecular weight excluding hydrogens is 272 g/mol. The number of fused-ring (bicyclic) bond motifs is 1. The van der Waals surface area contributed by atoms with Gasteiger partial charge in [0.15, 0.2) is 0 Å². The number of carbonyl (C=O) groups excluding carboxylic acids is 2. The second-order valence-corrected chi connectivity index (χ2v) is 5.59. The van der Waals surface area contributed by atoms with Gasteiger partial charge in [0.05, 0.1) is 23.2 Å². The third-order valence-electron chi connectivity index (χ3n) is 4.09. The molecule has 1 heterocycles. The molecule has 21 heavy (non-hydrogen) atoms. The fraction of sp³-hybridized carbons (Fsp3) is 0.400. The van der Waals surface area contributed by atoms with Crippen LogP contribution in [0, 0.1) is 5.92 Å². The first-order valence-electron chi connectivity index (χ1n) is 6.97. The zero-order chi connectivity index (χ0) is 15.1. The standard InChI is InChI=1S/C15H16N2O4/c1-8(16-15(20)21)12(9-6-7-9)17-13(18)10-4-2-3-5-11(10)14(17)19/h2-5,8-9,12,16H,6-7H2,1H3,(H,20,21)/t8-,12+/m1/s1. The maximum Gasteiger partial charge on any atom is 0.404 e. The third kappa shape index (κ3) is 2.26. The number of amides is 3. The summed E-state index contributed by atoms with van der Waals surface area (Å²) in [7, 11) is 0. The first-order chi connectivity index (χ1) is 10.0. The van der Waals surface area contributed by atoms with Crippen molar-refractivity contribution in [2.45, 2.75) is 31.8 Å². The van der Waals surface area contributed by atoms with Crippen molar-refractivity contribution >= 4 is 17.9 Å². The number of imide groups is 1. The van der Waals surface area contributed by atoms with E-state index in [1.807, 2.05) is 0 Å². The van der Waals surface area contributed by atoms with E-state index in [4.69, 9.17) is 5.11 Å². The first-order valence-corrected chi connectivity index (χ1v) is 6.97. The highest BCUT2D eigenvalue weighted by molar-refractivity contribution is 6.21.